The summed E-state index contributed by atoms with van der Waals surface area (Å²) in [5.41, 5.74) is -0.489. The van der Waals surface area contributed by atoms with E-state index in [0.717, 1.165) is 0 Å². The van der Waals surface area contributed by atoms with Gasteiger partial charge in [-0.25, -0.2) is 4.79 Å². The molecule has 0 aromatic rings. The lowest BCUT2D eigenvalue weighted by Crippen LogP contribution is -2.46. The third-order valence-electron chi connectivity index (χ3n) is 3.11. The summed E-state index contributed by atoms with van der Waals surface area (Å²) in [7, 11) is 1.51. The van der Waals surface area contributed by atoms with Crippen molar-refractivity contribution in [1.29, 1.82) is 0 Å². The van der Waals surface area contributed by atoms with Crippen molar-refractivity contribution in [3.8, 4) is 0 Å². The van der Waals surface area contributed by atoms with E-state index in [4.69, 9.17) is 4.74 Å². The number of ether oxygens (including phenoxy) is 1. The molecule has 0 bridgehead atoms. The fourth-order valence-corrected chi connectivity index (χ4v) is 1.59. The van der Waals surface area contributed by atoms with Crippen LogP contribution in [0.25, 0.3) is 0 Å². The van der Waals surface area contributed by atoms with Crippen LogP contribution in [-0.2, 0) is 4.74 Å². The van der Waals surface area contributed by atoms with Crippen LogP contribution in [0, 0.1) is 5.92 Å². The van der Waals surface area contributed by atoms with Gasteiger partial charge in [0.05, 0.1) is 0 Å². The number of rotatable bonds is 1. The largest absolute Gasteiger partial charge is 0.444 e. The Morgan fingerprint density at radius 1 is 1.28 bits per heavy atom. The minimum Gasteiger partial charge on any atom is -0.444 e. The maximum absolute atomic E-state index is 12.7. The Morgan fingerprint density at radius 3 is 2.28 bits per heavy atom. The predicted molar refractivity (Wildman–Crippen MR) is 60.2 cm³/mol. The van der Waals surface area contributed by atoms with Gasteiger partial charge in [-0.2, -0.15) is 13.2 Å². The Labute approximate surface area is 104 Å². The average molecular weight is 268 g/mol. The van der Waals surface area contributed by atoms with Gasteiger partial charge in [0.15, 0.2) is 0 Å². The number of hydrogen-bond donors (Lipinski definition) is 1. The molecule has 0 unspecified atom stereocenters. The van der Waals surface area contributed by atoms with Crippen LogP contribution in [0.1, 0.15) is 20.8 Å². The van der Waals surface area contributed by atoms with Gasteiger partial charge in [0.25, 0.3) is 0 Å². The Bertz CT molecular complexity index is 312. The van der Waals surface area contributed by atoms with Gasteiger partial charge in [-0.1, -0.05) is 0 Å². The molecule has 1 saturated heterocycles. The Morgan fingerprint density at radius 2 is 1.83 bits per heavy atom. The third-order valence-corrected chi connectivity index (χ3v) is 3.11. The van der Waals surface area contributed by atoms with E-state index in [1.807, 2.05) is 0 Å². The van der Waals surface area contributed by atoms with Crippen molar-refractivity contribution in [2.75, 3.05) is 20.1 Å². The molecule has 7 heteroatoms. The minimum atomic E-state index is -4.35. The number of halogens is 3. The maximum Gasteiger partial charge on any atom is 0.410 e. The maximum atomic E-state index is 12.7. The van der Waals surface area contributed by atoms with Crippen LogP contribution < -0.4 is 5.32 Å². The van der Waals surface area contributed by atoms with Crippen LogP contribution in [0.3, 0.4) is 0 Å². The summed E-state index contributed by atoms with van der Waals surface area (Å²) in [5, 5.41) is 2.60. The van der Waals surface area contributed by atoms with Gasteiger partial charge in [0, 0.05) is 25.7 Å². The lowest BCUT2D eigenvalue weighted by molar-refractivity contribution is -0.188. The SMILES string of the molecule is CN(C(=O)O[C@@H]1CNC[C@@H]1C(F)(F)F)C(C)(C)C. The van der Waals surface area contributed by atoms with Crippen LogP contribution in [0.2, 0.25) is 0 Å². The highest BCUT2D eigenvalue weighted by Gasteiger charge is 2.49. The molecule has 0 aliphatic carbocycles. The molecule has 2 atom stereocenters. The highest BCUT2D eigenvalue weighted by Crippen LogP contribution is 2.32. The molecule has 0 radical (unpaired) electrons. The first-order valence-corrected chi connectivity index (χ1v) is 5.75. The van der Waals surface area contributed by atoms with Crippen molar-refractivity contribution in [3.63, 3.8) is 0 Å². The summed E-state index contributed by atoms with van der Waals surface area (Å²) < 4.78 is 42.9. The quantitative estimate of drug-likeness (QED) is 0.791. The summed E-state index contributed by atoms with van der Waals surface area (Å²) in [5.74, 6) is -1.63. The third kappa shape index (κ3) is 3.51. The summed E-state index contributed by atoms with van der Waals surface area (Å²) >= 11 is 0. The molecule has 0 aromatic carbocycles. The number of carbonyl (C=O) groups excluding carboxylic acids is 1. The van der Waals surface area contributed by atoms with Crippen LogP contribution in [0.5, 0.6) is 0 Å². The van der Waals surface area contributed by atoms with E-state index in [0.29, 0.717) is 0 Å². The highest BCUT2D eigenvalue weighted by molar-refractivity contribution is 5.68. The van der Waals surface area contributed by atoms with E-state index in [2.05, 4.69) is 5.32 Å². The van der Waals surface area contributed by atoms with Gasteiger partial charge in [-0.3, -0.25) is 0 Å². The second-order valence-electron chi connectivity index (χ2n) is 5.46. The molecule has 1 fully saturated rings. The van der Waals surface area contributed by atoms with E-state index in [-0.39, 0.29) is 13.1 Å². The standard InChI is InChI=1S/C11H19F3N2O2/c1-10(2,3)16(4)9(17)18-8-6-15-5-7(8)11(12,13)14/h7-8,15H,5-6H2,1-4H3/t7-,8+/m0/s1. The molecule has 0 aromatic heterocycles. The summed E-state index contributed by atoms with van der Waals surface area (Å²) in [6, 6.07) is 0. The van der Waals surface area contributed by atoms with Gasteiger partial charge in [-0.05, 0) is 20.8 Å². The van der Waals surface area contributed by atoms with Gasteiger partial charge >= 0.3 is 12.3 Å². The minimum absolute atomic E-state index is 0.0356. The molecule has 4 nitrogen and oxygen atoms in total. The van der Waals surface area contributed by atoms with E-state index < -0.39 is 29.8 Å². The summed E-state index contributed by atoms with van der Waals surface area (Å²) in [6.45, 7) is 5.17. The molecular formula is C11H19F3N2O2. The molecule has 1 aliphatic heterocycles. The van der Waals surface area contributed by atoms with E-state index in [9.17, 15) is 18.0 Å². The van der Waals surface area contributed by atoms with Crippen molar-refractivity contribution in [2.45, 2.75) is 38.6 Å². The molecule has 1 amide bonds. The van der Waals surface area contributed by atoms with Gasteiger partial charge < -0.3 is 15.0 Å². The Hall–Kier alpha value is -0.980. The number of carbonyl (C=O) groups is 1. The monoisotopic (exact) mass is 268 g/mol. The second kappa shape index (κ2) is 4.95. The molecule has 0 saturated carbocycles. The number of hydrogen-bond acceptors (Lipinski definition) is 3. The zero-order valence-electron chi connectivity index (χ0n) is 11.0. The lowest BCUT2D eigenvalue weighted by atomic mass is 10.1. The fraction of sp³-hybridized carbons (Fsp3) is 0.909. The smallest absolute Gasteiger partial charge is 0.410 e. The second-order valence-corrected chi connectivity index (χ2v) is 5.46. The van der Waals surface area contributed by atoms with E-state index in [1.165, 1.54) is 11.9 Å². The Kier molecular flexibility index (Phi) is 4.15. The zero-order chi connectivity index (χ0) is 14.1. The highest BCUT2D eigenvalue weighted by atomic mass is 19.4. The number of amides is 1. The summed E-state index contributed by atoms with van der Waals surface area (Å²) in [6.07, 6.45) is -6.23. The number of alkyl halides is 3. The molecule has 1 aliphatic rings. The molecule has 1 N–H and O–H groups in total. The average Bonchev–Trinajstić information content (AvgIpc) is 2.62. The first-order chi connectivity index (χ1) is 8.03. The van der Waals surface area contributed by atoms with Crippen LogP contribution >= 0.6 is 0 Å². The fourth-order valence-electron chi connectivity index (χ4n) is 1.59. The van der Waals surface area contributed by atoms with Crippen LogP contribution in [0.15, 0.2) is 0 Å². The summed E-state index contributed by atoms with van der Waals surface area (Å²) in [4.78, 5) is 13.0. The molecule has 0 spiro atoms. The van der Waals surface area contributed by atoms with Crippen LogP contribution in [-0.4, -0.2) is 48.9 Å². The van der Waals surface area contributed by atoms with Gasteiger partial charge in [0.1, 0.15) is 12.0 Å². The lowest BCUT2D eigenvalue weighted by Gasteiger charge is -2.32. The van der Waals surface area contributed by atoms with Gasteiger partial charge in [-0.15, -0.1) is 0 Å². The van der Waals surface area contributed by atoms with E-state index in [1.54, 1.807) is 20.8 Å². The van der Waals surface area contributed by atoms with Crippen molar-refractivity contribution < 1.29 is 22.7 Å². The predicted octanol–water partition coefficient (Wildman–Crippen LogP) is 2.00. The van der Waals surface area contributed by atoms with Crippen molar-refractivity contribution in [3.05, 3.63) is 0 Å². The van der Waals surface area contributed by atoms with Crippen molar-refractivity contribution in [2.24, 2.45) is 5.92 Å². The molecular weight excluding hydrogens is 249 g/mol. The Balaban J connectivity index is 2.65. The van der Waals surface area contributed by atoms with Crippen LogP contribution in [0.4, 0.5) is 18.0 Å². The van der Waals surface area contributed by atoms with Gasteiger partial charge in [0.2, 0.25) is 0 Å². The molecule has 1 rings (SSSR count). The number of nitrogens with one attached hydrogen (secondary N) is 1. The van der Waals surface area contributed by atoms with Crippen molar-refractivity contribution in [1.82, 2.24) is 10.2 Å². The number of nitrogens with zero attached hydrogens (tertiary/aromatic N) is 1. The van der Waals surface area contributed by atoms with E-state index >= 15 is 0 Å². The first-order valence-electron chi connectivity index (χ1n) is 5.75. The zero-order valence-corrected chi connectivity index (χ0v) is 11.0. The van der Waals surface area contributed by atoms with Crippen molar-refractivity contribution >= 4 is 6.09 Å². The topological polar surface area (TPSA) is 41.6 Å². The molecule has 1 heterocycles. The molecule has 106 valence electrons. The first kappa shape index (κ1) is 15.1. The molecule has 18 heavy (non-hydrogen) atoms. The normalized spacial score (nSPS) is 25.1.